The molecule has 1 aliphatic rings. The molecule has 0 saturated carbocycles. The van der Waals surface area contributed by atoms with Crippen molar-refractivity contribution in [2.45, 2.75) is 12.8 Å². The Morgan fingerprint density at radius 2 is 1.64 bits per heavy atom. The number of hydrogen-bond acceptors (Lipinski definition) is 6. The van der Waals surface area contributed by atoms with Gasteiger partial charge in [0.25, 0.3) is 0 Å². The molecule has 2 aromatic heterocycles. The molecule has 2 aromatic carbocycles. The van der Waals surface area contributed by atoms with Crippen molar-refractivity contribution in [1.82, 2.24) is 9.97 Å². The van der Waals surface area contributed by atoms with Crippen LogP contribution in [0.3, 0.4) is 0 Å². The summed E-state index contributed by atoms with van der Waals surface area (Å²) in [6.45, 7) is 2.05. The van der Waals surface area contributed by atoms with Crippen molar-refractivity contribution < 1.29 is 19.4 Å². The number of carboxylic acid groups (broad SMARTS) is 1. The maximum atomic E-state index is 12.5. The van der Waals surface area contributed by atoms with E-state index >= 15 is 0 Å². The average Bonchev–Trinajstić information content (AvgIpc) is 3.35. The minimum absolute atomic E-state index is 0.0281. The van der Waals surface area contributed by atoms with Gasteiger partial charge in [-0.3, -0.25) is 5.32 Å². The van der Waals surface area contributed by atoms with Crippen molar-refractivity contribution in [1.29, 1.82) is 0 Å². The molecule has 1 aliphatic carbocycles. The summed E-state index contributed by atoms with van der Waals surface area (Å²) in [5.74, 6) is -1.14. The van der Waals surface area contributed by atoms with Gasteiger partial charge in [0.1, 0.15) is 18.0 Å². The lowest BCUT2D eigenvalue weighted by Crippen LogP contribution is -2.17. The van der Waals surface area contributed by atoms with Crippen LogP contribution in [0.2, 0.25) is 0 Å². The molecule has 0 bridgehead atoms. The first-order valence-electron chi connectivity index (χ1n) is 10.3. The number of aromatic carboxylic acids is 1. The van der Waals surface area contributed by atoms with E-state index in [2.05, 4.69) is 39.6 Å². The number of rotatable bonds is 5. The third-order valence-electron chi connectivity index (χ3n) is 5.56. The second kappa shape index (κ2) is 8.48. The lowest BCUT2D eigenvalue weighted by Gasteiger charge is -2.14. The summed E-state index contributed by atoms with van der Waals surface area (Å²) in [4.78, 5) is 33.1. The topological polar surface area (TPSA) is 101 Å². The highest BCUT2D eigenvalue weighted by Crippen LogP contribution is 2.44. The van der Waals surface area contributed by atoms with Gasteiger partial charge in [-0.05, 0) is 41.3 Å². The zero-order valence-electron chi connectivity index (χ0n) is 17.6. The highest BCUT2D eigenvalue weighted by molar-refractivity contribution is 7.16. The van der Waals surface area contributed by atoms with Crippen molar-refractivity contribution in [2.24, 2.45) is 0 Å². The summed E-state index contributed by atoms with van der Waals surface area (Å²) >= 11 is 1.28. The van der Waals surface area contributed by atoms with Crippen LogP contribution in [0.1, 0.15) is 32.4 Å². The van der Waals surface area contributed by atoms with Gasteiger partial charge in [-0.15, -0.1) is 11.3 Å². The summed E-state index contributed by atoms with van der Waals surface area (Å²) in [7, 11) is 0. The molecule has 7 nitrogen and oxygen atoms in total. The van der Waals surface area contributed by atoms with E-state index in [0.29, 0.717) is 16.5 Å². The maximum absolute atomic E-state index is 12.5. The number of anilines is 1. The van der Waals surface area contributed by atoms with Gasteiger partial charge >= 0.3 is 12.1 Å². The molecule has 4 aromatic rings. The molecule has 0 aliphatic heterocycles. The molecular formula is C25H19N3O4S. The van der Waals surface area contributed by atoms with Gasteiger partial charge in [0.15, 0.2) is 5.13 Å². The Morgan fingerprint density at radius 3 is 2.30 bits per heavy atom. The highest BCUT2D eigenvalue weighted by atomic mass is 32.1. The Balaban J connectivity index is 1.30. The predicted octanol–water partition coefficient (Wildman–Crippen LogP) is 5.57. The SMILES string of the molecule is Cc1sc(NC(=O)OCC2c3ccccc3-c3ccccc32)nc1-c1cccc(C(=O)O)n1. The molecule has 164 valence electrons. The van der Waals surface area contributed by atoms with E-state index in [-0.39, 0.29) is 18.2 Å². The number of thiazole rings is 1. The number of fused-ring (bicyclic) bond motifs is 3. The predicted molar refractivity (Wildman–Crippen MR) is 126 cm³/mol. The van der Waals surface area contributed by atoms with Crippen LogP contribution in [-0.2, 0) is 4.74 Å². The third kappa shape index (κ3) is 3.96. The van der Waals surface area contributed by atoms with E-state index < -0.39 is 12.1 Å². The number of carbonyl (C=O) groups is 2. The van der Waals surface area contributed by atoms with Crippen molar-refractivity contribution in [3.05, 3.63) is 88.4 Å². The zero-order valence-corrected chi connectivity index (χ0v) is 18.4. The standard InChI is InChI=1S/C25H19N3O4S/c1-14-22(20-11-6-12-21(26-20)23(29)30)27-24(33-14)28-25(31)32-13-19-17-9-4-2-7-15(17)16-8-3-5-10-18(16)19/h2-12,19H,13H2,1H3,(H,29,30)(H,27,28,31). The van der Waals surface area contributed by atoms with Crippen LogP contribution in [0.25, 0.3) is 22.5 Å². The number of aryl methyl sites for hydroxylation is 1. The lowest BCUT2D eigenvalue weighted by molar-refractivity contribution is 0.0690. The van der Waals surface area contributed by atoms with E-state index in [1.807, 2.05) is 31.2 Å². The fraction of sp³-hybridized carbons (Fsp3) is 0.120. The molecule has 0 atom stereocenters. The highest BCUT2D eigenvalue weighted by Gasteiger charge is 2.29. The monoisotopic (exact) mass is 457 g/mol. The summed E-state index contributed by atoms with van der Waals surface area (Å²) in [6, 6.07) is 21.0. The molecular weight excluding hydrogens is 438 g/mol. The first kappa shape index (κ1) is 20.8. The molecule has 0 unspecified atom stereocenters. The van der Waals surface area contributed by atoms with Gasteiger partial charge in [0.05, 0.1) is 5.69 Å². The molecule has 8 heteroatoms. The average molecular weight is 458 g/mol. The van der Waals surface area contributed by atoms with Crippen molar-refractivity contribution in [2.75, 3.05) is 11.9 Å². The number of ether oxygens (including phenoxy) is 1. The zero-order chi connectivity index (χ0) is 22.9. The number of nitrogens with zero attached hydrogens (tertiary/aromatic N) is 2. The first-order chi connectivity index (χ1) is 16.0. The van der Waals surface area contributed by atoms with Gasteiger partial charge < -0.3 is 9.84 Å². The summed E-state index contributed by atoms with van der Waals surface area (Å²) in [5.41, 5.74) is 5.51. The number of carboxylic acids is 1. The van der Waals surface area contributed by atoms with Crippen LogP contribution >= 0.6 is 11.3 Å². The first-order valence-corrected chi connectivity index (χ1v) is 11.1. The number of pyridine rings is 1. The van der Waals surface area contributed by atoms with Crippen LogP contribution in [0, 0.1) is 6.92 Å². The van der Waals surface area contributed by atoms with Gasteiger partial charge in [0.2, 0.25) is 0 Å². The number of benzene rings is 2. The quantitative estimate of drug-likeness (QED) is 0.406. The van der Waals surface area contributed by atoms with Gasteiger partial charge in [0, 0.05) is 10.8 Å². The summed E-state index contributed by atoms with van der Waals surface area (Å²) in [6.07, 6.45) is -0.593. The second-order valence-electron chi connectivity index (χ2n) is 7.59. The number of hydrogen-bond donors (Lipinski definition) is 2. The molecule has 0 spiro atoms. The Bertz CT molecular complexity index is 1340. The van der Waals surface area contributed by atoms with Crippen LogP contribution in [0.4, 0.5) is 9.93 Å². The van der Waals surface area contributed by atoms with Gasteiger partial charge in [-0.2, -0.15) is 0 Å². The summed E-state index contributed by atoms with van der Waals surface area (Å²) < 4.78 is 5.57. The van der Waals surface area contributed by atoms with Crippen LogP contribution in [-0.4, -0.2) is 33.7 Å². The fourth-order valence-electron chi connectivity index (χ4n) is 4.10. The number of carbonyl (C=O) groups excluding carboxylic acids is 1. The number of aromatic nitrogens is 2. The Labute approximate surface area is 193 Å². The molecule has 0 saturated heterocycles. The Morgan fingerprint density at radius 1 is 0.970 bits per heavy atom. The molecule has 33 heavy (non-hydrogen) atoms. The van der Waals surface area contributed by atoms with E-state index in [4.69, 9.17) is 9.84 Å². The largest absolute Gasteiger partial charge is 0.477 e. The molecule has 0 fully saturated rings. The summed E-state index contributed by atoms with van der Waals surface area (Å²) in [5, 5.41) is 12.2. The van der Waals surface area contributed by atoms with Crippen molar-refractivity contribution >= 4 is 28.5 Å². The number of amides is 1. The normalized spacial score (nSPS) is 12.2. The minimum Gasteiger partial charge on any atom is -0.477 e. The molecule has 1 amide bonds. The second-order valence-corrected chi connectivity index (χ2v) is 8.79. The van der Waals surface area contributed by atoms with Crippen molar-refractivity contribution in [3.63, 3.8) is 0 Å². The lowest BCUT2D eigenvalue weighted by atomic mass is 9.98. The van der Waals surface area contributed by atoms with Gasteiger partial charge in [-0.1, -0.05) is 54.6 Å². The third-order valence-corrected chi connectivity index (χ3v) is 6.45. The molecule has 2 heterocycles. The molecule has 0 radical (unpaired) electrons. The molecule has 5 rings (SSSR count). The molecule has 2 N–H and O–H groups in total. The minimum atomic E-state index is -1.11. The number of nitrogens with one attached hydrogen (secondary N) is 1. The smallest absolute Gasteiger partial charge is 0.413 e. The van der Waals surface area contributed by atoms with Gasteiger partial charge in [-0.25, -0.2) is 19.6 Å². The van der Waals surface area contributed by atoms with Crippen LogP contribution in [0.5, 0.6) is 0 Å². The Kier molecular flexibility index (Phi) is 5.35. The fourth-order valence-corrected chi connectivity index (χ4v) is 4.90. The van der Waals surface area contributed by atoms with E-state index in [1.54, 1.807) is 12.1 Å². The van der Waals surface area contributed by atoms with E-state index in [9.17, 15) is 9.59 Å². The van der Waals surface area contributed by atoms with Crippen LogP contribution in [0.15, 0.2) is 66.7 Å². The van der Waals surface area contributed by atoms with Crippen LogP contribution < -0.4 is 5.32 Å². The Hall–Kier alpha value is -4.04. The van der Waals surface area contributed by atoms with E-state index in [0.717, 1.165) is 16.0 Å². The van der Waals surface area contributed by atoms with E-state index in [1.165, 1.54) is 28.5 Å². The maximum Gasteiger partial charge on any atom is 0.413 e. The van der Waals surface area contributed by atoms with Crippen molar-refractivity contribution in [3.8, 4) is 22.5 Å².